The highest BCUT2D eigenvalue weighted by molar-refractivity contribution is 7.93. The van der Waals surface area contributed by atoms with Crippen LogP contribution in [-0.4, -0.2) is 25.4 Å². The van der Waals surface area contributed by atoms with E-state index in [1.54, 1.807) is 12.3 Å². The topological polar surface area (TPSA) is 97.4 Å². The molecule has 1 aromatic heterocycles. The first-order valence-electron chi connectivity index (χ1n) is 8.09. The van der Waals surface area contributed by atoms with Crippen LogP contribution in [0.15, 0.2) is 65.0 Å². The Balaban J connectivity index is 1.61. The van der Waals surface area contributed by atoms with Crippen LogP contribution >= 0.6 is 11.3 Å². The number of aromatic nitrogens is 1. The molecule has 0 aliphatic heterocycles. The summed E-state index contributed by atoms with van der Waals surface area (Å²) in [5.74, 6) is -0.469. The molecule has 146 valence electrons. The summed E-state index contributed by atoms with van der Waals surface area (Å²) in [6.45, 7) is 1.55. The molecule has 3 aromatic rings. The lowest BCUT2D eigenvalue weighted by molar-refractivity contribution is -0.122. The first-order chi connectivity index (χ1) is 13.3. The summed E-state index contributed by atoms with van der Waals surface area (Å²) in [5, 5.41) is 4.56. The molecule has 0 spiro atoms. The predicted octanol–water partition coefficient (Wildman–Crippen LogP) is 3.49. The molecule has 0 fully saturated rings. The fraction of sp³-hybridized carbons (Fsp3) is 0.111. The Kier molecular flexibility index (Phi) is 5.90. The monoisotopic (exact) mass is 421 g/mol. The standard InChI is InChI=1S/C18H16FN3O4S2/c1-12(26-15-6-2-13(19)3-7-15)17(23)21-14-4-8-16(9-5-14)28(24,25)22-18-20-10-11-27-18/h2-12H,1H3,(H,20,22)(H,21,23)/t12-/m0/s1. The third-order valence-corrected chi connectivity index (χ3v) is 5.75. The van der Waals surface area contributed by atoms with Gasteiger partial charge in [-0.15, -0.1) is 11.3 Å². The lowest BCUT2D eigenvalue weighted by Crippen LogP contribution is -2.30. The number of hydrogen-bond donors (Lipinski definition) is 2. The van der Waals surface area contributed by atoms with Gasteiger partial charge in [0.2, 0.25) is 0 Å². The molecular weight excluding hydrogens is 405 g/mol. The number of ether oxygens (including phenoxy) is 1. The summed E-state index contributed by atoms with van der Waals surface area (Å²) in [6, 6.07) is 11.0. The lowest BCUT2D eigenvalue weighted by atomic mass is 10.3. The van der Waals surface area contributed by atoms with Gasteiger partial charge in [0.1, 0.15) is 11.6 Å². The molecule has 0 saturated heterocycles. The average molecular weight is 421 g/mol. The summed E-state index contributed by atoms with van der Waals surface area (Å²) in [7, 11) is -3.76. The Labute approximate surface area is 165 Å². The minimum absolute atomic E-state index is 0.0382. The molecular formula is C18H16FN3O4S2. The summed E-state index contributed by atoms with van der Waals surface area (Å²) < 4.78 is 45.3. The van der Waals surface area contributed by atoms with Crippen molar-refractivity contribution in [2.24, 2.45) is 0 Å². The van der Waals surface area contributed by atoms with Crippen molar-refractivity contribution < 1.29 is 22.3 Å². The van der Waals surface area contributed by atoms with Crippen LogP contribution in [0.4, 0.5) is 15.2 Å². The number of carbonyl (C=O) groups is 1. The van der Waals surface area contributed by atoms with Gasteiger partial charge in [0.15, 0.2) is 11.2 Å². The van der Waals surface area contributed by atoms with Gasteiger partial charge in [-0.05, 0) is 55.5 Å². The zero-order chi connectivity index (χ0) is 20.1. The quantitative estimate of drug-likeness (QED) is 0.609. The van der Waals surface area contributed by atoms with E-state index in [9.17, 15) is 17.6 Å². The molecule has 1 heterocycles. The number of benzene rings is 2. The van der Waals surface area contributed by atoms with Gasteiger partial charge < -0.3 is 10.1 Å². The van der Waals surface area contributed by atoms with Gasteiger partial charge in [-0.3, -0.25) is 9.52 Å². The van der Waals surface area contributed by atoms with Crippen LogP contribution in [0, 0.1) is 5.82 Å². The minimum atomic E-state index is -3.76. The van der Waals surface area contributed by atoms with E-state index in [4.69, 9.17) is 4.74 Å². The van der Waals surface area contributed by atoms with Crippen LogP contribution in [-0.2, 0) is 14.8 Å². The number of hydrogen-bond acceptors (Lipinski definition) is 6. The molecule has 28 heavy (non-hydrogen) atoms. The van der Waals surface area contributed by atoms with E-state index in [1.165, 1.54) is 66.1 Å². The van der Waals surface area contributed by atoms with Crippen molar-refractivity contribution in [3.63, 3.8) is 0 Å². The van der Waals surface area contributed by atoms with Gasteiger partial charge in [-0.25, -0.2) is 17.8 Å². The van der Waals surface area contributed by atoms with Crippen molar-refractivity contribution in [2.75, 3.05) is 10.0 Å². The highest BCUT2D eigenvalue weighted by Gasteiger charge is 2.17. The van der Waals surface area contributed by atoms with Crippen molar-refractivity contribution in [1.82, 2.24) is 4.98 Å². The van der Waals surface area contributed by atoms with Crippen LogP contribution in [0.5, 0.6) is 5.75 Å². The molecule has 7 nitrogen and oxygen atoms in total. The number of nitrogens with zero attached hydrogens (tertiary/aromatic N) is 1. The molecule has 0 aliphatic rings. The molecule has 2 N–H and O–H groups in total. The molecule has 1 amide bonds. The van der Waals surface area contributed by atoms with Crippen molar-refractivity contribution >= 4 is 38.1 Å². The van der Waals surface area contributed by atoms with Crippen molar-refractivity contribution in [1.29, 1.82) is 0 Å². The Morgan fingerprint density at radius 1 is 1.14 bits per heavy atom. The number of amides is 1. The maximum absolute atomic E-state index is 12.9. The van der Waals surface area contributed by atoms with Crippen LogP contribution in [0.25, 0.3) is 0 Å². The third kappa shape index (κ3) is 5.05. The zero-order valence-corrected chi connectivity index (χ0v) is 16.3. The highest BCUT2D eigenvalue weighted by Crippen LogP contribution is 2.20. The molecule has 0 bridgehead atoms. The highest BCUT2D eigenvalue weighted by atomic mass is 32.2. The SMILES string of the molecule is C[C@H](Oc1ccc(F)cc1)C(=O)Nc1ccc(S(=O)(=O)Nc2nccs2)cc1. The average Bonchev–Trinajstić information content (AvgIpc) is 3.16. The smallest absolute Gasteiger partial charge is 0.265 e. The Bertz CT molecular complexity index is 1040. The third-order valence-electron chi connectivity index (χ3n) is 3.58. The van der Waals surface area contributed by atoms with E-state index in [-0.39, 0.29) is 10.0 Å². The van der Waals surface area contributed by atoms with E-state index in [0.717, 1.165) is 0 Å². The van der Waals surface area contributed by atoms with Crippen molar-refractivity contribution in [3.8, 4) is 5.75 Å². The largest absolute Gasteiger partial charge is 0.481 e. The second-order valence-electron chi connectivity index (χ2n) is 5.67. The second kappa shape index (κ2) is 8.36. The molecule has 0 saturated carbocycles. The molecule has 3 rings (SSSR count). The number of anilines is 2. The van der Waals surface area contributed by atoms with Gasteiger partial charge >= 0.3 is 0 Å². The minimum Gasteiger partial charge on any atom is -0.481 e. The van der Waals surface area contributed by atoms with E-state index in [0.29, 0.717) is 11.4 Å². The number of nitrogens with one attached hydrogen (secondary N) is 2. The van der Waals surface area contributed by atoms with Gasteiger partial charge in [-0.2, -0.15) is 0 Å². The molecule has 0 unspecified atom stereocenters. The van der Waals surface area contributed by atoms with E-state index in [1.807, 2.05) is 0 Å². The molecule has 0 radical (unpaired) electrons. The van der Waals surface area contributed by atoms with Crippen molar-refractivity contribution in [2.45, 2.75) is 17.9 Å². The normalized spacial score (nSPS) is 12.2. The van der Waals surface area contributed by atoms with E-state index in [2.05, 4.69) is 15.0 Å². The van der Waals surface area contributed by atoms with Crippen molar-refractivity contribution in [3.05, 3.63) is 65.9 Å². The summed E-state index contributed by atoms with van der Waals surface area (Å²) in [4.78, 5) is 16.1. The Hall–Kier alpha value is -2.98. The Morgan fingerprint density at radius 2 is 1.82 bits per heavy atom. The summed E-state index contributed by atoms with van der Waals surface area (Å²) >= 11 is 1.17. The van der Waals surface area contributed by atoms with Gasteiger partial charge in [0, 0.05) is 17.3 Å². The maximum Gasteiger partial charge on any atom is 0.265 e. The molecule has 0 aliphatic carbocycles. The van der Waals surface area contributed by atoms with Crippen LogP contribution < -0.4 is 14.8 Å². The number of halogens is 1. The van der Waals surface area contributed by atoms with E-state index < -0.39 is 27.9 Å². The van der Waals surface area contributed by atoms with Crippen LogP contribution in [0.2, 0.25) is 0 Å². The van der Waals surface area contributed by atoms with E-state index >= 15 is 0 Å². The first kappa shape index (κ1) is 19.8. The fourth-order valence-electron chi connectivity index (χ4n) is 2.18. The lowest BCUT2D eigenvalue weighted by Gasteiger charge is -2.15. The molecule has 2 aromatic carbocycles. The fourth-order valence-corrected chi connectivity index (χ4v) is 3.97. The second-order valence-corrected chi connectivity index (χ2v) is 8.25. The summed E-state index contributed by atoms with van der Waals surface area (Å²) in [5.41, 5.74) is 0.410. The Morgan fingerprint density at radius 3 is 2.43 bits per heavy atom. The van der Waals surface area contributed by atoms with Gasteiger partial charge in [0.05, 0.1) is 4.90 Å². The van der Waals surface area contributed by atoms with Gasteiger partial charge in [0.25, 0.3) is 15.9 Å². The number of rotatable bonds is 7. The molecule has 10 heteroatoms. The summed E-state index contributed by atoms with van der Waals surface area (Å²) in [6.07, 6.45) is 0.663. The number of thiazole rings is 1. The predicted molar refractivity (Wildman–Crippen MR) is 104 cm³/mol. The maximum atomic E-state index is 12.9. The zero-order valence-electron chi connectivity index (χ0n) is 14.6. The molecule has 1 atom stereocenters. The van der Waals surface area contributed by atoms with Gasteiger partial charge in [-0.1, -0.05) is 0 Å². The number of sulfonamides is 1. The van der Waals surface area contributed by atoms with Crippen LogP contribution in [0.3, 0.4) is 0 Å². The van der Waals surface area contributed by atoms with Crippen LogP contribution in [0.1, 0.15) is 6.92 Å². The number of carbonyl (C=O) groups excluding carboxylic acids is 1. The first-order valence-corrected chi connectivity index (χ1v) is 10.5.